The Hall–Kier alpha value is -1.05. The van der Waals surface area contributed by atoms with Crippen molar-refractivity contribution in [1.82, 2.24) is 0 Å². The highest BCUT2D eigenvalue weighted by Crippen LogP contribution is 2.06. The van der Waals surface area contributed by atoms with Gasteiger partial charge < -0.3 is 4.74 Å². The van der Waals surface area contributed by atoms with Crippen LogP contribution in [0, 0.1) is 0 Å². The molecule has 0 atom stereocenters. The molecule has 0 amide bonds. The SMILES string of the molecule is C=C/C(C)=C(\N=C)OCC. The van der Waals surface area contributed by atoms with Crippen molar-refractivity contribution in [3.05, 3.63) is 24.1 Å². The van der Waals surface area contributed by atoms with Gasteiger partial charge in [0.15, 0.2) is 0 Å². The first-order chi connectivity index (χ1) is 4.76. The van der Waals surface area contributed by atoms with Crippen LogP contribution >= 0.6 is 0 Å². The molecule has 0 fully saturated rings. The number of rotatable bonds is 4. The van der Waals surface area contributed by atoms with E-state index in [1.165, 1.54) is 0 Å². The monoisotopic (exact) mass is 139 g/mol. The van der Waals surface area contributed by atoms with Crippen molar-refractivity contribution in [2.45, 2.75) is 13.8 Å². The molecule has 0 aliphatic rings. The molecule has 0 aromatic carbocycles. The predicted octanol–water partition coefficient (Wildman–Crippen LogP) is 2.14. The molecule has 0 heterocycles. The summed E-state index contributed by atoms with van der Waals surface area (Å²) in [5.41, 5.74) is 0.914. The highest BCUT2D eigenvalue weighted by molar-refractivity contribution is 5.30. The van der Waals surface area contributed by atoms with Gasteiger partial charge in [0, 0.05) is 5.57 Å². The molecular formula is C8H13NO. The Balaban J connectivity index is 4.28. The van der Waals surface area contributed by atoms with E-state index in [0.29, 0.717) is 12.5 Å². The Morgan fingerprint density at radius 3 is 2.60 bits per heavy atom. The average molecular weight is 139 g/mol. The van der Waals surface area contributed by atoms with E-state index < -0.39 is 0 Å². The van der Waals surface area contributed by atoms with Crippen molar-refractivity contribution in [2.75, 3.05) is 6.61 Å². The van der Waals surface area contributed by atoms with Crippen LogP contribution in [-0.4, -0.2) is 13.3 Å². The van der Waals surface area contributed by atoms with Gasteiger partial charge in [-0.2, -0.15) is 0 Å². The molecule has 0 bridgehead atoms. The summed E-state index contributed by atoms with van der Waals surface area (Å²) >= 11 is 0. The van der Waals surface area contributed by atoms with Gasteiger partial charge in [-0.05, 0) is 20.6 Å². The van der Waals surface area contributed by atoms with Crippen LogP contribution in [0.1, 0.15) is 13.8 Å². The van der Waals surface area contributed by atoms with E-state index in [9.17, 15) is 0 Å². The molecule has 0 aromatic heterocycles. The van der Waals surface area contributed by atoms with E-state index in [1.807, 2.05) is 13.8 Å². The Bertz CT molecular complexity index is 159. The second-order valence-electron chi connectivity index (χ2n) is 1.78. The molecule has 0 N–H and O–H groups in total. The summed E-state index contributed by atoms with van der Waals surface area (Å²) < 4.78 is 5.12. The third-order valence-corrected chi connectivity index (χ3v) is 1.07. The van der Waals surface area contributed by atoms with Crippen LogP contribution < -0.4 is 0 Å². The number of nitrogens with zero attached hydrogens (tertiary/aromatic N) is 1. The normalized spacial score (nSPS) is 11.8. The molecule has 0 rings (SSSR count). The third-order valence-electron chi connectivity index (χ3n) is 1.07. The standard InChI is InChI=1S/C8H13NO/c1-5-7(3)8(9-4)10-6-2/h5H,1,4,6H2,2-3H3/b8-7+. The largest absolute Gasteiger partial charge is 0.478 e. The van der Waals surface area contributed by atoms with Gasteiger partial charge in [0.2, 0.25) is 5.88 Å². The summed E-state index contributed by atoms with van der Waals surface area (Å²) in [5.74, 6) is 0.567. The lowest BCUT2D eigenvalue weighted by molar-refractivity contribution is 0.225. The van der Waals surface area contributed by atoms with Gasteiger partial charge in [-0.1, -0.05) is 12.7 Å². The lowest BCUT2D eigenvalue weighted by Crippen LogP contribution is -1.90. The van der Waals surface area contributed by atoms with E-state index in [0.717, 1.165) is 5.57 Å². The van der Waals surface area contributed by atoms with Crippen molar-refractivity contribution in [3.8, 4) is 0 Å². The van der Waals surface area contributed by atoms with E-state index in [2.05, 4.69) is 18.3 Å². The van der Waals surface area contributed by atoms with Gasteiger partial charge in [-0.25, -0.2) is 4.99 Å². The molecule has 0 aromatic rings. The zero-order valence-corrected chi connectivity index (χ0v) is 6.55. The lowest BCUT2D eigenvalue weighted by Gasteiger charge is -2.03. The van der Waals surface area contributed by atoms with Crippen molar-refractivity contribution in [1.29, 1.82) is 0 Å². The Labute approximate surface area is 61.9 Å². The minimum atomic E-state index is 0.567. The second-order valence-corrected chi connectivity index (χ2v) is 1.78. The van der Waals surface area contributed by atoms with Crippen molar-refractivity contribution >= 4 is 6.72 Å². The van der Waals surface area contributed by atoms with Crippen molar-refractivity contribution < 1.29 is 4.74 Å². The number of ether oxygens (including phenoxy) is 1. The summed E-state index contributed by atoms with van der Waals surface area (Å²) in [6.45, 7) is 11.4. The summed E-state index contributed by atoms with van der Waals surface area (Å²) in [6, 6.07) is 0. The first-order valence-corrected chi connectivity index (χ1v) is 3.19. The van der Waals surface area contributed by atoms with Crippen LogP contribution in [0.15, 0.2) is 29.1 Å². The van der Waals surface area contributed by atoms with Crippen LogP contribution in [0.2, 0.25) is 0 Å². The molecule has 0 saturated heterocycles. The summed E-state index contributed by atoms with van der Waals surface area (Å²) in [6.07, 6.45) is 1.69. The number of hydrogen-bond acceptors (Lipinski definition) is 2. The van der Waals surface area contributed by atoms with E-state index >= 15 is 0 Å². The quantitative estimate of drug-likeness (QED) is 0.332. The van der Waals surface area contributed by atoms with E-state index in [1.54, 1.807) is 6.08 Å². The van der Waals surface area contributed by atoms with Crippen LogP contribution in [0.25, 0.3) is 0 Å². The maximum absolute atomic E-state index is 5.12. The summed E-state index contributed by atoms with van der Waals surface area (Å²) in [4.78, 5) is 3.68. The van der Waals surface area contributed by atoms with Crippen LogP contribution in [0.5, 0.6) is 0 Å². The van der Waals surface area contributed by atoms with Crippen LogP contribution in [0.4, 0.5) is 0 Å². The smallest absolute Gasteiger partial charge is 0.215 e. The van der Waals surface area contributed by atoms with Gasteiger partial charge in [-0.15, -0.1) is 0 Å². The number of allylic oxidation sites excluding steroid dienone is 2. The molecule has 0 spiro atoms. The molecule has 2 heteroatoms. The number of hydrogen-bond donors (Lipinski definition) is 0. The summed E-state index contributed by atoms with van der Waals surface area (Å²) in [7, 11) is 0. The van der Waals surface area contributed by atoms with Gasteiger partial charge in [-0.3, -0.25) is 0 Å². The topological polar surface area (TPSA) is 21.6 Å². The lowest BCUT2D eigenvalue weighted by atomic mass is 10.3. The molecule has 56 valence electrons. The van der Waals surface area contributed by atoms with Gasteiger partial charge in [0.1, 0.15) is 0 Å². The van der Waals surface area contributed by atoms with Gasteiger partial charge in [0.05, 0.1) is 6.61 Å². The third kappa shape index (κ3) is 2.49. The summed E-state index contributed by atoms with van der Waals surface area (Å²) in [5, 5.41) is 0. The molecule has 0 saturated carbocycles. The predicted molar refractivity (Wildman–Crippen MR) is 44.1 cm³/mol. The molecule has 0 aliphatic carbocycles. The first kappa shape index (κ1) is 8.95. The molecule has 10 heavy (non-hydrogen) atoms. The van der Waals surface area contributed by atoms with E-state index in [4.69, 9.17) is 4.74 Å². The molecule has 0 radical (unpaired) electrons. The minimum Gasteiger partial charge on any atom is -0.478 e. The maximum Gasteiger partial charge on any atom is 0.215 e. The van der Waals surface area contributed by atoms with Crippen molar-refractivity contribution in [2.24, 2.45) is 4.99 Å². The van der Waals surface area contributed by atoms with E-state index in [-0.39, 0.29) is 0 Å². The zero-order valence-electron chi connectivity index (χ0n) is 6.55. The fourth-order valence-corrected chi connectivity index (χ4v) is 0.508. The second kappa shape index (κ2) is 4.79. The zero-order chi connectivity index (χ0) is 7.98. The fourth-order valence-electron chi connectivity index (χ4n) is 0.508. The van der Waals surface area contributed by atoms with Crippen molar-refractivity contribution in [3.63, 3.8) is 0 Å². The minimum absolute atomic E-state index is 0.567. The molecule has 0 aliphatic heterocycles. The first-order valence-electron chi connectivity index (χ1n) is 3.19. The molecule has 2 nitrogen and oxygen atoms in total. The van der Waals surface area contributed by atoms with Crippen LogP contribution in [0.3, 0.4) is 0 Å². The van der Waals surface area contributed by atoms with Gasteiger partial charge >= 0.3 is 0 Å². The average Bonchev–Trinajstić information content (AvgIpc) is 1.99. The molecular weight excluding hydrogens is 126 g/mol. The highest BCUT2D eigenvalue weighted by atomic mass is 16.5. The highest BCUT2D eigenvalue weighted by Gasteiger charge is 1.94. The fraction of sp³-hybridized carbons (Fsp3) is 0.375. The maximum atomic E-state index is 5.12. The Morgan fingerprint density at radius 2 is 2.30 bits per heavy atom. The number of aliphatic imine (C=N–C) groups is 1. The Kier molecular flexibility index (Phi) is 4.29. The molecule has 0 unspecified atom stereocenters. The Morgan fingerprint density at radius 1 is 1.70 bits per heavy atom. The van der Waals surface area contributed by atoms with Crippen LogP contribution in [-0.2, 0) is 4.74 Å². The van der Waals surface area contributed by atoms with Gasteiger partial charge in [0.25, 0.3) is 0 Å².